The molecule has 0 heterocycles. The first-order valence-electron chi connectivity index (χ1n) is 15.5. The smallest absolute Gasteiger partial charge is 0.309 e. The zero-order valence-electron chi connectivity index (χ0n) is 25.0. The van der Waals surface area contributed by atoms with Crippen LogP contribution in [0.3, 0.4) is 0 Å². The average molecular weight is 529 g/mol. The van der Waals surface area contributed by atoms with Crippen molar-refractivity contribution in [1.82, 2.24) is 0 Å². The Bertz CT molecular complexity index is 999. The van der Waals surface area contributed by atoms with Gasteiger partial charge in [-0.3, -0.25) is 9.59 Å². The van der Waals surface area contributed by atoms with E-state index in [1.165, 1.54) is 44.8 Å². The van der Waals surface area contributed by atoms with Gasteiger partial charge < -0.3 is 14.6 Å². The molecule has 8 unspecified atom stereocenters. The molecule has 5 heteroatoms. The van der Waals surface area contributed by atoms with Crippen LogP contribution in [-0.4, -0.2) is 29.4 Å². The van der Waals surface area contributed by atoms with Gasteiger partial charge in [-0.15, -0.1) is 0 Å². The van der Waals surface area contributed by atoms with Gasteiger partial charge in [0.2, 0.25) is 0 Å². The first-order chi connectivity index (χ1) is 17.6. The third kappa shape index (κ3) is 3.71. The van der Waals surface area contributed by atoms with Gasteiger partial charge in [0.25, 0.3) is 0 Å². The first kappa shape index (κ1) is 28.1. The van der Waals surface area contributed by atoms with Crippen LogP contribution < -0.4 is 0 Å². The molecule has 0 saturated heterocycles. The SMILES string of the molecule is CC(C)(CC(=O)OC1CCC2(C)C(CCC3(C)C2CCC2C4CCCC4(C=O)CC[C@]23C)C1(C)C)C(=O)O. The summed E-state index contributed by atoms with van der Waals surface area (Å²) in [6.07, 6.45) is 13.7. The van der Waals surface area contributed by atoms with Gasteiger partial charge in [0, 0.05) is 10.8 Å². The molecule has 0 radical (unpaired) electrons. The van der Waals surface area contributed by atoms with Crippen molar-refractivity contribution >= 4 is 18.2 Å². The molecule has 0 aromatic rings. The summed E-state index contributed by atoms with van der Waals surface area (Å²) in [4.78, 5) is 36.8. The Kier molecular flexibility index (Phi) is 6.52. The minimum atomic E-state index is -1.12. The molecular formula is C33H52O5. The van der Waals surface area contributed by atoms with E-state index < -0.39 is 11.4 Å². The lowest BCUT2D eigenvalue weighted by Gasteiger charge is -2.72. The second-order valence-electron chi connectivity index (χ2n) is 16.2. The van der Waals surface area contributed by atoms with Gasteiger partial charge in [0.05, 0.1) is 11.8 Å². The van der Waals surface area contributed by atoms with Crippen LogP contribution in [0.4, 0.5) is 0 Å². The number of rotatable bonds is 5. The highest BCUT2D eigenvalue weighted by Gasteiger charge is 2.70. The number of ether oxygens (including phenoxy) is 1. The molecule has 5 aliphatic rings. The normalized spacial score (nSPS) is 47.6. The number of fused-ring (bicyclic) bond motifs is 7. The number of carboxylic acids is 1. The molecule has 0 bridgehead atoms. The summed E-state index contributed by atoms with van der Waals surface area (Å²) < 4.78 is 6.09. The summed E-state index contributed by atoms with van der Waals surface area (Å²) in [6, 6.07) is 0. The van der Waals surface area contributed by atoms with Crippen LogP contribution in [0.25, 0.3) is 0 Å². The third-order valence-electron chi connectivity index (χ3n) is 14.0. The Hall–Kier alpha value is -1.39. The summed E-state index contributed by atoms with van der Waals surface area (Å²) in [5.74, 6) is 0.992. The van der Waals surface area contributed by atoms with Gasteiger partial charge in [0.15, 0.2) is 0 Å². The number of aldehydes is 1. The highest BCUT2D eigenvalue weighted by molar-refractivity contribution is 5.81. The van der Waals surface area contributed by atoms with Gasteiger partial charge in [-0.1, -0.05) is 41.0 Å². The van der Waals surface area contributed by atoms with Crippen molar-refractivity contribution in [3.05, 3.63) is 0 Å². The number of carbonyl (C=O) groups excluding carboxylic acids is 2. The Balaban J connectivity index is 1.38. The quantitative estimate of drug-likeness (QED) is 0.296. The fraction of sp³-hybridized carbons (Fsp3) is 0.909. The van der Waals surface area contributed by atoms with E-state index in [-0.39, 0.29) is 45.6 Å². The summed E-state index contributed by atoms with van der Waals surface area (Å²) in [7, 11) is 0. The van der Waals surface area contributed by atoms with E-state index in [1.54, 1.807) is 13.8 Å². The molecule has 0 aromatic carbocycles. The van der Waals surface area contributed by atoms with Crippen molar-refractivity contribution in [2.75, 3.05) is 0 Å². The summed E-state index contributed by atoms with van der Waals surface area (Å²) in [6.45, 7) is 15.5. The van der Waals surface area contributed by atoms with Crippen molar-refractivity contribution < 1.29 is 24.2 Å². The molecule has 5 fully saturated rings. The van der Waals surface area contributed by atoms with Crippen molar-refractivity contribution in [2.24, 2.45) is 56.2 Å². The maximum atomic E-state index is 12.9. The predicted molar refractivity (Wildman–Crippen MR) is 147 cm³/mol. The van der Waals surface area contributed by atoms with E-state index in [0.717, 1.165) is 32.1 Å². The fourth-order valence-corrected chi connectivity index (χ4v) is 11.6. The average Bonchev–Trinajstić information content (AvgIpc) is 3.25. The first-order valence-corrected chi connectivity index (χ1v) is 15.5. The van der Waals surface area contributed by atoms with Crippen LogP contribution in [0.15, 0.2) is 0 Å². The van der Waals surface area contributed by atoms with Crippen LogP contribution >= 0.6 is 0 Å². The van der Waals surface area contributed by atoms with E-state index in [1.807, 2.05) is 0 Å². The fourth-order valence-electron chi connectivity index (χ4n) is 11.6. The number of hydrogen-bond donors (Lipinski definition) is 1. The van der Waals surface area contributed by atoms with Crippen molar-refractivity contribution in [3.63, 3.8) is 0 Å². The molecule has 0 aromatic heterocycles. The maximum Gasteiger partial charge on any atom is 0.309 e. The van der Waals surface area contributed by atoms with Crippen molar-refractivity contribution in [1.29, 1.82) is 0 Å². The van der Waals surface area contributed by atoms with E-state index in [2.05, 4.69) is 34.6 Å². The molecule has 5 rings (SSSR count). The highest BCUT2D eigenvalue weighted by Crippen LogP contribution is 2.76. The molecular weight excluding hydrogens is 476 g/mol. The second-order valence-corrected chi connectivity index (χ2v) is 16.2. The topological polar surface area (TPSA) is 80.7 Å². The van der Waals surface area contributed by atoms with Gasteiger partial charge in [-0.2, -0.15) is 0 Å². The van der Waals surface area contributed by atoms with Crippen molar-refractivity contribution in [2.45, 2.75) is 132 Å². The molecule has 5 nitrogen and oxygen atoms in total. The minimum Gasteiger partial charge on any atom is -0.481 e. The van der Waals surface area contributed by atoms with Gasteiger partial charge >= 0.3 is 11.9 Å². The van der Waals surface area contributed by atoms with Crippen LogP contribution in [0.5, 0.6) is 0 Å². The number of aliphatic carboxylic acids is 1. The Labute approximate surface area is 230 Å². The lowest BCUT2D eigenvalue weighted by Crippen LogP contribution is -2.66. The predicted octanol–water partition coefficient (Wildman–Crippen LogP) is 7.45. The minimum absolute atomic E-state index is 0.0480. The maximum absolute atomic E-state index is 12.9. The third-order valence-corrected chi connectivity index (χ3v) is 14.0. The van der Waals surface area contributed by atoms with Crippen LogP contribution in [-0.2, 0) is 19.1 Å². The lowest BCUT2D eigenvalue weighted by molar-refractivity contribution is -0.246. The number of carbonyl (C=O) groups is 3. The summed E-state index contributed by atoms with van der Waals surface area (Å²) in [5, 5.41) is 9.48. The molecule has 0 amide bonds. The number of hydrogen-bond acceptors (Lipinski definition) is 4. The number of esters is 1. The number of carboxylic acid groups (broad SMARTS) is 1. The van der Waals surface area contributed by atoms with Crippen LogP contribution in [0, 0.1) is 56.2 Å². The highest BCUT2D eigenvalue weighted by atomic mass is 16.5. The second kappa shape index (κ2) is 8.80. The van der Waals surface area contributed by atoms with E-state index >= 15 is 0 Å². The molecule has 1 N–H and O–H groups in total. The van der Waals surface area contributed by atoms with E-state index in [0.29, 0.717) is 23.7 Å². The monoisotopic (exact) mass is 528 g/mol. The summed E-state index contributed by atoms with van der Waals surface area (Å²) >= 11 is 0. The Morgan fingerprint density at radius 2 is 1.55 bits per heavy atom. The largest absolute Gasteiger partial charge is 0.481 e. The van der Waals surface area contributed by atoms with E-state index in [4.69, 9.17) is 4.74 Å². The zero-order chi connectivity index (χ0) is 27.9. The van der Waals surface area contributed by atoms with Crippen LogP contribution in [0.2, 0.25) is 0 Å². The standard InChI is InChI=1S/C33H52O5/c1-28(2,27(36)37)19-26(35)38-25-13-15-30(5)23(29(25,3)4)12-16-32(7)24(30)11-10-21-22-9-8-14-33(22,20-34)18-17-31(21,32)6/h20-25H,8-19H2,1-7H3,(H,36,37)/t21?,22?,23?,24?,25?,30?,31-,32?,33?/m1/s1. The van der Waals surface area contributed by atoms with E-state index in [9.17, 15) is 19.5 Å². The Morgan fingerprint density at radius 1 is 0.842 bits per heavy atom. The molecule has 214 valence electrons. The molecule has 0 spiro atoms. The van der Waals surface area contributed by atoms with Gasteiger partial charge in [-0.25, -0.2) is 0 Å². The zero-order valence-corrected chi connectivity index (χ0v) is 25.0. The summed E-state index contributed by atoms with van der Waals surface area (Å²) in [5.41, 5.74) is -0.576. The van der Waals surface area contributed by atoms with Crippen molar-refractivity contribution in [3.8, 4) is 0 Å². The Morgan fingerprint density at radius 3 is 2.21 bits per heavy atom. The van der Waals surface area contributed by atoms with Gasteiger partial charge in [-0.05, 0) is 118 Å². The molecule has 5 aliphatic carbocycles. The van der Waals surface area contributed by atoms with Gasteiger partial charge in [0.1, 0.15) is 12.4 Å². The molecule has 5 saturated carbocycles. The molecule has 9 atom stereocenters. The molecule has 0 aliphatic heterocycles. The lowest BCUT2D eigenvalue weighted by atomic mass is 9.32. The molecule has 38 heavy (non-hydrogen) atoms. The van der Waals surface area contributed by atoms with Crippen LogP contribution in [0.1, 0.15) is 126 Å².